The Hall–Kier alpha value is -0.120. The highest BCUT2D eigenvalue weighted by Crippen LogP contribution is 2.23. The normalized spacial score (nSPS) is 35.8. The van der Waals surface area contributed by atoms with Gasteiger partial charge in [-0.15, -0.1) is 0 Å². The summed E-state index contributed by atoms with van der Waals surface area (Å²) in [7, 11) is 0. The fraction of sp³-hybridized carbons (Fsp3) is 1.00. The third kappa shape index (κ3) is 3.50. The van der Waals surface area contributed by atoms with Crippen LogP contribution in [-0.4, -0.2) is 61.2 Å². The van der Waals surface area contributed by atoms with Crippen molar-refractivity contribution in [2.75, 3.05) is 39.3 Å². The van der Waals surface area contributed by atoms with E-state index in [2.05, 4.69) is 22.0 Å². The highest BCUT2D eigenvalue weighted by atomic mass is 15.2. The Labute approximate surface area is 118 Å². The number of likely N-dealkylation sites (tertiary alicyclic amines) is 2. The molecule has 3 rings (SSSR count). The minimum Gasteiger partial charge on any atom is -0.314 e. The van der Waals surface area contributed by atoms with Crippen molar-refractivity contribution < 1.29 is 0 Å². The Kier molecular flexibility index (Phi) is 4.78. The molecule has 0 spiro atoms. The van der Waals surface area contributed by atoms with Gasteiger partial charge in [-0.25, -0.2) is 0 Å². The molecule has 3 aliphatic heterocycles. The maximum atomic E-state index is 3.58. The zero-order valence-electron chi connectivity index (χ0n) is 12.6. The first-order valence-corrected chi connectivity index (χ1v) is 8.53. The molecule has 19 heavy (non-hydrogen) atoms. The van der Waals surface area contributed by atoms with Crippen LogP contribution in [0.15, 0.2) is 0 Å². The lowest BCUT2D eigenvalue weighted by Crippen LogP contribution is -2.48. The summed E-state index contributed by atoms with van der Waals surface area (Å²) in [4.78, 5) is 5.51. The van der Waals surface area contributed by atoms with Gasteiger partial charge in [0.05, 0.1) is 0 Å². The summed E-state index contributed by atoms with van der Waals surface area (Å²) in [6, 6.07) is 1.63. The molecular formula is C16H31N3. The van der Waals surface area contributed by atoms with Gasteiger partial charge in [0, 0.05) is 18.6 Å². The molecule has 0 aromatic carbocycles. The van der Waals surface area contributed by atoms with Crippen LogP contribution >= 0.6 is 0 Å². The molecule has 0 aromatic heterocycles. The van der Waals surface area contributed by atoms with Crippen LogP contribution < -0.4 is 5.32 Å². The van der Waals surface area contributed by atoms with Crippen LogP contribution in [0.25, 0.3) is 0 Å². The second kappa shape index (κ2) is 6.55. The first kappa shape index (κ1) is 13.8. The van der Waals surface area contributed by atoms with Crippen LogP contribution in [-0.2, 0) is 0 Å². The number of rotatable bonds is 3. The Bertz CT molecular complexity index is 267. The summed E-state index contributed by atoms with van der Waals surface area (Å²) in [6.07, 6.45) is 8.54. The summed E-state index contributed by atoms with van der Waals surface area (Å²) in [6.45, 7) is 10.3. The molecule has 3 fully saturated rings. The smallest absolute Gasteiger partial charge is 0.0120 e. The Morgan fingerprint density at radius 3 is 2.32 bits per heavy atom. The van der Waals surface area contributed by atoms with Gasteiger partial charge < -0.3 is 15.1 Å². The Morgan fingerprint density at radius 1 is 0.947 bits per heavy atom. The van der Waals surface area contributed by atoms with Gasteiger partial charge in [-0.3, -0.25) is 0 Å². The van der Waals surface area contributed by atoms with Crippen molar-refractivity contribution in [2.24, 2.45) is 5.92 Å². The molecule has 0 saturated carbocycles. The van der Waals surface area contributed by atoms with E-state index in [0.717, 1.165) is 18.0 Å². The van der Waals surface area contributed by atoms with Crippen molar-refractivity contribution in [3.63, 3.8) is 0 Å². The van der Waals surface area contributed by atoms with Crippen molar-refractivity contribution in [1.82, 2.24) is 15.1 Å². The van der Waals surface area contributed by atoms with Gasteiger partial charge in [0.15, 0.2) is 0 Å². The van der Waals surface area contributed by atoms with Crippen LogP contribution in [0, 0.1) is 5.92 Å². The van der Waals surface area contributed by atoms with E-state index in [0.29, 0.717) is 0 Å². The third-order valence-electron chi connectivity index (χ3n) is 5.65. The summed E-state index contributed by atoms with van der Waals surface area (Å²) < 4.78 is 0. The first-order valence-electron chi connectivity index (χ1n) is 8.53. The van der Waals surface area contributed by atoms with Crippen LogP contribution in [0.3, 0.4) is 0 Å². The highest BCUT2D eigenvalue weighted by Gasteiger charge is 2.29. The SMILES string of the molecule is CC1NCCC1CN1CCC(N2CCCCC2)CC1. The van der Waals surface area contributed by atoms with E-state index in [1.54, 1.807) is 0 Å². The zero-order valence-corrected chi connectivity index (χ0v) is 12.6. The lowest BCUT2D eigenvalue weighted by molar-refractivity contribution is 0.0846. The van der Waals surface area contributed by atoms with Gasteiger partial charge in [-0.05, 0) is 77.7 Å². The van der Waals surface area contributed by atoms with Gasteiger partial charge in [-0.1, -0.05) is 6.42 Å². The number of hydrogen-bond acceptors (Lipinski definition) is 3. The van der Waals surface area contributed by atoms with Crippen molar-refractivity contribution in [3.05, 3.63) is 0 Å². The minimum atomic E-state index is 0.736. The van der Waals surface area contributed by atoms with E-state index >= 15 is 0 Å². The molecule has 3 saturated heterocycles. The van der Waals surface area contributed by atoms with Crippen molar-refractivity contribution >= 4 is 0 Å². The quantitative estimate of drug-likeness (QED) is 0.841. The largest absolute Gasteiger partial charge is 0.314 e. The molecule has 2 unspecified atom stereocenters. The Balaban J connectivity index is 1.41. The molecule has 0 aliphatic carbocycles. The predicted octanol–water partition coefficient (Wildman–Crippen LogP) is 1.93. The molecule has 3 heteroatoms. The molecule has 3 heterocycles. The fourth-order valence-corrected chi connectivity index (χ4v) is 4.24. The third-order valence-corrected chi connectivity index (χ3v) is 5.65. The van der Waals surface area contributed by atoms with E-state index in [-0.39, 0.29) is 0 Å². The van der Waals surface area contributed by atoms with E-state index in [4.69, 9.17) is 0 Å². The molecule has 0 bridgehead atoms. The zero-order chi connectivity index (χ0) is 13.1. The maximum absolute atomic E-state index is 3.58. The van der Waals surface area contributed by atoms with Crippen LogP contribution in [0.1, 0.15) is 45.4 Å². The van der Waals surface area contributed by atoms with E-state index in [9.17, 15) is 0 Å². The van der Waals surface area contributed by atoms with E-state index < -0.39 is 0 Å². The molecule has 3 nitrogen and oxygen atoms in total. The Morgan fingerprint density at radius 2 is 1.68 bits per heavy atom. The highest BCUT2D eigenvalue weighted by molar-refractivity contribution is 4.86. The number of nitrogens with one attached hydrogen (secondary N) is 1. The molecule has 3 aliphatic rings. The second-order valence-electron chi connectivity index (χ2n) is 6.92. The summed E-state index contributed by atoms with van der Waals surface area (Å²) in [5.74, 6) is 0.895. The fourth-order valence-electron chi connectivity index (χ4n) is 4.24. The predicted molar refractivity (Wildman–Crippen MR) is 80.5 cm³/mol. The molecular weight excluding hydrogens is 234 g/mol. The number of hydrogen-bond donors (Lipinski definition) is 1. The average molecular weight is 265 g/mol. The van der Waals surface area contributed by atoms with Gasteiger partial charge in [0.1, 0.15) is 0 Å². The monoisotopic (exact) mass is 265 g/mol. The molecule has 2 atom stereocenters. The van der Waals surface area contributed by atoms with Crippen LogP contribution in [0.2, 0.25) is 0 Å². The maximum Gasteiger partial charge on any atom is 0.0120 e. The summed E-state index contributed by atoms with van der Waals surface area (Å²) >= 11 is 0. The van der Waals surface area contributed by atoms with Gasteiger partial charge in [-0.2, -0.15) is 0 Å². The summed E-state index contributed by atoms with van der Waals surface area (Å²) in [5, 5.41) is 3.58. The van der Waals surface area contributed by atoms with Crippen LogP contribution in [0.4, 0.5) is 0 Å². The average Bonchev–Trinajstić information content (AvgIpc) is 2.86. The molecule has 1 N–H and O–H groups in total. The lowest BCUT2D eigenvalue weighted by Gasteiger charge is -2.41. The van der Waals surface area contributed by atoms with E-state index in [1.165, 1.54) is 77.8 Å². The van der Waals surface area contributed by atoms with Crippen LogP contribution in [0.5, 0.6) is 0 Å². The number of piperidine rings is 2. The molecule has 110 valence electrons. The van der Waals surface area contributed by atoms with Gasteiger partial charge in [0.25, 0.3) is 0 Å². The topological polar surface area (TPSA) is 18.5 Å². The minimum absolute atomic E-state index is 0.736. The van der Waals surface area contributed by atoms with Crippen molar-refractivity contribution in [1.29, 1.82) is 0 Å². The second-order valence-corrected chi connectivity index (χ2v) is 6.92. The molecule has 0 radical (unpaired) electrons. The first-order chi connectivity index (χ1) is 9.33. The number of nitrogens with zero attached hydrogens (tertiary/aromatic N) is 2. The molecule has 0 aromatic rings. The van der Waals surface area contributed by atoms with Gasteiger partial charge in [0.2, 0.25) is 0 Å². The lowest BCUT2D eigenvalue weighted by atomic mass is 9.97. The van der Waals surface area contributed by atoms with Crippen molar-refractivity contribution in [2.45, 2.75) is 57.5 Å². The summed E-state index contributed by atoms with van der Waals surface area (Å²) in [5.41, 5.74) is 0. The molecule has 0 amide bonds. The van der Waals surface area contributed by atoms with E-state index in [1.807, 2.05) is 0 Å². The van der Waals surface area contributed by atoms with Crippen molar-refractivity contribution in [3.8, 4) is 0 Å². The standard InChI is InChI=1S/C16H31N3/c1-14-15(5-8-17-14)13-18-11-6-16(7-12-18)19-9-3-2-4-10-19/h14-17H,2-13H2,1H3. The van der Waals surface area contributed by atoms with Gasteiger partial charge >= 0.3 is 0 Å².